The third-order valence-electron chi connectivity index (χ3n) is 7.12. The Kier molecular flexibility index (Phi) is 4.69. The number of sulfonamides is 1. The van der Waals surface area contributed by atoms with E-state index in [-0.39, 0.29) is 35.9 Å². The van der Waals surface area contributed by atoms with Crippen molar-refractivity contribution in [1.29, 1.82) is 0 Å². The summed E-state index contributed by atoms with van der Waals surface area (Å²) in [5, 5.41) is 4.11. The summed E-state index contributed by atoms with van der Waals surface area (Å²) in [4.78, 5) is 20.9. The lowest BCUT2D eigenvalue weighted by molar-refractivity contribution is 0.0830. The Morgan fingerprint density at radius 1 is 1.26 bits per heavy atom. The van der Waals surface area contributed by atoms with Gasteiger partial charge in [0.1, 0.15) is 6.67 Å². The van der Waals surface area contributed by atoms with Crippen molar-refractivity contribution in [2.75, 3.05) is 18.1 Å². The number of fused-ring (bicyclic) bond motifs is 3. The van der Waals surface area contributed by atoms with Crippen LogP contribution in [0.2, 0.25) is 0 Å². The van der Waals surface area contributed by atoms with Crippen LogP contribution in [0.1, 0.15) is 35.2 Å². The average molecular weight is 509 g/mol. The number of carbonyl (C=O) groups excluding carboxylic acids is 1. The van der Waals surface area contributed by atoms with E-state index in [1.165, 1.54) is 23.1 Å². The van der Waals surface area contributed by atoms with E-state index in [1.54, 1.807) is 29.0 Å². The number of aryl methyl sites for hydroxylation is 1. The molecule has 0 bridgehead atoms. The predicted octanol–water partition coefficient (Wildman–Crippen LogP) is 2.06. The van der Waals surface area contributed by atoms with Crippen LogP contribution in [0.15, 0.2) is 40.5 Å². The Labute approximate surface area is 199 Å². The molecule has 1 unspecified atom stereocenters. The average Bonchev–Trinajstić information content (AvgIpc) is 3.57. The summed E-state index contributed by atoms with van der Waals surface area (Å²) < 4.78 is 71.3. The van der Waals surface area contributed by atoms with Crippen LogP contribution < -0.4 is 9.62 Å². The van der Waals surface area contributed by atoms with Gasteiger partial charge in [-0.3, -0.25) is 19.4 Å². The van der Waals surface area contributed by atoms with E-state index in [2.05, 4.69) is 14.8 Å². The molecule has 2 fully saturated rings. The lowest BCUT2D eigenvalue weighted by Crippen LogP contribution is -2.53. The number of alkyl halides is 3. The maximum Gasteiger partial charge on any atom is 0.263 e. The van der Waals surface area contributed by atoms with E-state index in [4.69, 9.17) is 0 Å². The first kappa shape index (κ1) is 22.5. The summed E-state index contributed by atoms with van der Waals surface area (Å²) in [6, 6.07) is 3.36. The minimum Gasteiger partial charge on any atom is -0.306 e. The molecule has 6 rings (SSSR count). The fourth-order valence-electron chi connectivity index (χ4n) is 4.88. The fourth-order valence-corrected chi connectivity index (χ4v) is 6.35. The molecule has 13 heteroatoms. The topological polar surface area (TPSA) is 99.9 Å². The van der Waals surface area contributed by atoms with E-state index in [0.29, 0.717) is 24.1 Å². The van der Waals surface area contributed by atoms with Gasteiger partial charge >= 0.3 is 0 Å². The second kappa shape index (κ2) is 7.29. The predicted molar refractivity (Wildman–Crippen MR) is 119 cm³/mol. The van der Waals surface area contributed by atoms with Gasteiger partial charge in [0.15, 0.2) is 0 Å². The molecule has 2 aliphatic carbocycles. The number of rotatable bonds is 7. The number of carbonyl (C=O) groups is 1. The van der Waals surface area contributed by atoms with Gasteiger partial charge in [0, 0.05) is 25.2 Å². The summed E-state index contributed by atoms with van der Waals surface area (Å²) in [6.07, 6.45) is 3.86. The first-order chi connectivity index (χ1) is 16.5. The number of benzene rings is 1. The second-order valence-electron chi connectivity index (χ2n) is 9.76. The number of aliphatic imine (C=N–C) groups is 1. The second-order valence-corrected chi connectivity index (χ2v) is 11.4. The first-order valence-electron chi connectivity index (χ1n) is 11.3. The molecule has 2 aromatic rings. The number of nitrogens with zero attached hydrogens (tertiary/aromatic N) is 5. The molecule has 4 aliphatic rings. The Bertz CT molecular complexity index is 1370. The molecule has 1 aromatic carbocycles. The van der Waals surface area contributed by atoms with Crippen molar-refractivity contribution in [2.24, 2.45) is 18.0 Å². The minimum atomic E-state index is -4.10. The van der Waals surface area contributed by atoms with Gasteiger partial charge in [0.25, 0.3) is 11.8 Å². The zero-order valence-electron chi connectivity index (χ0n) is 18.8. The molecule has 35 heavy (non-hydrogen) atoms. The van der Waals surface area contributed by atoms with Gasteiger partial charge < -0.3 is 4.90 Å². The highest BCUT2D eigenvalue weighted by Crippen LogP contribution is 2.54. The zero-order valence-corrected chi connectivity index (χ0v) is 19.6. The summed E-state index contributed by atoms with van der Waals surface area (Å²) >= 11 is 0. The van der Waals surface area contributed by atoms with E-state index < -0.39 is 46.0 Å². The van der Waals surface area contributed by atoms with Crippen LogP contribution in [-0.2, 0) is 23.6 Å². The SMILES string of the molecule is Cn1cc(CN2C(=O)c3cc(S(=O)(=O)NC4(CF)CC4)ccc3N3C2=NC[C@H]3C2CC2(F)F)cn1. The first-order valence-corrected chi connectivity index (χ1v) is 12.8. The van der Waals surface area contributed by atoms with Gasteiger partial charge in [-0.15, -0.1) is 0 Å². The summed E-state index contributed by atoms with van der Waals surface area (Å²) in [6.45, 7) is -0.623. The molecule has 1 amide bonds. The van der Waals surface area contributed by atoms with Gasteiger partial charge in [-0.05, 0) is 31.0 Å². The minimum absolute atomic E-state index is 0.0664. The van der Waals surface area contributed by atoms with Gasteiger partial charge in [-0.1, -0.05) is 0 Å². The number of guanidine groups is 1. The zero-order chi connectivity index (χ0) is 24.8. The molecule has 9 nitrogen and oxygen atoms in total. The fraction of sp³-hybridized carbons (Fsp3) is 0.500. The Hall–Kier alpha value is -2.93. The standard InChI is InChI=1S/C22H23F3N6O3S/c1-29-10-13(8-27-29)11-30-19(32)15-6-14(35(33,34)28-21(12-23)4-5-21)2-3-17(15)31-18(9-26-20(30)31)16-7-22(16,24)25/h2-3,6,8,10,16,18,28H,4-5,7,9,11-12H2,1H3/t16?,18-/m0/s1. The molecule has 1 aromatic heterocycles. The van der Waals surface area contributed by atoms with Gasteiger partial charge in [-0.25, -0.2) is 26.3 Å². The van der Waals surface area contributed by atoms with E-state index in [9.17, 15) is 26.4 Å². The molecule has 0 radical (unpaired) electrons. The highest BCUT2D eigenvalue weighted by molar-refractivity contribution is 7.89. The van der Waals surface area contributed by atoms with Crippen molar-refractivity contribution >= 4 is 27.6 Å². The molecule has 2 aliphatic heterocycles. The number of aromatic nitrogens is 2. The molecule has 1 N–H and O–H groups in total. The summed E-state index contributed by atoms with van der Waals surface area (Å²) in [5.74, 6) is -3.94. The van der Waals surface area contributed by atoms with E-state index >= 15 is 0 Å². The number of hydrogen-bond acceptors (Lipinski definition) is 6. The van der Waals surface area contributed by atoms with Crippen molar-refractivity contribution < 1.29 is 26.4 Å². The Morgan fingerprint density at radius 3 is 2.60 bits per heavy atom. The highest BCUT2D eigenvalue weighted by Gasteiger charge is 2.63. The van der Waals surface area contributed by atoms with E-state index in [1.807, 2.05) is 0 Å². The molecular formula is C22H23F3N6O3S. The molecular weight excluding hydrogens is 485 g/mol. The third kappa shape index (κ3) is 3.63. The molecule has 3 heterocycles. The van der Waals surface area contributed by atoms with Crippen LogP contribution in [0.5, 0.6) is 0 Å². The smallest absolute Gasteiger partial charge is 0.263 e. The number of hydrogen-bond donors (Lipinski definition) is 1. The van der Waals surface area contributed by atoms with Crippen LogP contribution in [-0.4, -0.2) is 65.7 Å². The lowest BCUT2D eigenvalue weighted by atomic mass is 10.0. The number of nitrogens with one attached hydrogen (secondary N) is 1. The normalized spacial score (nSPS) is 25.8. The van der Waals surface area contributed by atoms with Crippen LogP contribution in [0.25, 0.3) is 0 Å². The number of anilines is 1. The monoisotopic (exact) mass is 508 g/mol. The molecule has 2 atom stereocenters. The summed E-state index contributed by atoms with van der Waals surface area (Å²) in [5.41, 5.74) is 0.0163. The van der Waals surface area contributed by atoms with Crippen LogP contribution in [0.4, 0.5) is 18.9 Å². The highest BCUT2D eigenvalue weighted by atomic mass is 32.2. The molecule has 2 saturated carbocycles. The molecule has 0 spiro atoms. The van der Waals surface area contributed by atoms with Crippen LogP contribution in [0, 0.1) is 5.92 Å². The van der Waals surface area contributed by atoms with Crippen LogP contribution >= 0.6 is 0 Å². The Balaban J connectivity index is 1.41. The third-order valence-corrected chi connectivity index (χ3v) is 8.70. The number of amides is 1. The maximum absolute atomic E-state index is 14.0. The van der Waals surface area contributed by atoms with Crippen molar-refractivity contribution in [2.45, 2.75) is 48.2 Å². The quantitative estimate of drug-likeness (QED) is 0.617. The van der Waals surface area contributed by atoms with Gasteiger partial charge in [0.05, 0.1) is 52.9 Å². The van der Waals surface area contributed by atoms with Crippen molar-refractivity contribution in [3.63, 3.8) is 0 Å². The largest absolute Gasteiger partial charge is 0.306 e. The maximum atomic E-state index is 14.0. The van der Waals surface area contributed by atoms with Gasteiger partial charge in [-0.2, -0.15) is 5.10 Å². The molecule has 0 saturated heterocycles. The number of halogens is 3. The molecule has 186 valence electrons. The Morgan fingerprint density at radius 2 is 2.00 bits per heavy atom. The van der Waals surface area contributed by atoms with Crippen LogP contribution in [0.3, 0.4) is 0 Å². The van der Waals surface area contributed by atoms with Gasteiger partial charge in [0.2, 0.25) is 16.0 Å². The lowest BCUT2D eigenvalue weighted by Gasteiger charge is -2.39. The van der Waals surface area contributed by atoms with Crippen molar-refractivity contribution in [3.05, 3.63) is 41.7 Å². The van der Waals surface area contributed by atoms with Crippen molar-refractivity contribution in [3.8, 4) is 0 Å². The summed E-state index contributed by atoms with van der Waals surface area (Å²) in [7, 11) is -2.37. The van der Waals surface area contributed by atoms with E-state index in [0.717, 1.165) is 0 Å². The van der Waals surface area contributed by atoms with Crippen molar-refractivity contribution in [1.82, 2.24) is 19.4 Å².